The van der Waals surface area contributed by atoms with Crippen LogP contribution in [0.3, 0.4) is 0 Å². The summed E-state index contributed by atoms with van der Waals surface area (Å²) in [6, 6.07) is 0. The Bertz CT molecular complexity index is 184. The van der Waals surface area contributed by atoms with E-state index in [0.29, 0.717) is 5.92 Å². The van der Waals surface area contributed by atoms with Crippen molar-refractivity contribution in [1.29, 1.82) is 0 Å². The van der Waals surface area contributed by atoms with Gasteiger partial charge in [-0.05, 0) is 50.6 Å². The molecule has 1 rings (SSSR count). The van der Waals surface area contributed by atoms with E-state index in [4.69, 9.17) is 0 Å². The maximum Gasteiger partial charge on any atom is 0.0580 e. The zero-order valence-corrected chi connectivity index (χ0v) is 11.3. The van der Waals surface area contributed by atoms with Gasteiger partial charge in [0.2, 0.25) is 0 Å². The van der Waals surface area contributed by atoms with Gasteiger partial charge >= 0.3 is 0 Å². The average Bonchev–Trinajstić information content (AvgIpc) is 2.28. The second kappa shape index (κ2) is 7.29. The van der Waals surface area contributed by atoms with Crippen LogP contribution in [-0.4, -0.2) is 35.7 Å². The summed E-state index contributed by atoms with van der Waals surface area (Å²) in [7, 11) is 0. The minimum absolute atomic E-state index is 0.0492. The lowest BCUT2D eigenvalue weighted by Crippen LogP contribution is -2.39. The van der Waals surface area contributed by atoms with E-state index in [0.717, 1.165) is 25.4 Å². The number of nitrogens with zero attached hydrogens (tertiary/aromatic N) is 1. The molecule has 0 heterocycles. The van der Waals surface area contributed by atoms with Crippen LogP contribution < -0.4 is 0 Å². The highest BCUT2D eigenvalue weighted by atomic mass is 16.3. The minimum atomic E-state index is -0.0492. The van der Waals surface area contributed by atoms with Gasteiger partial charge in [-0.15, -0.1) is 0 Å². The Morgan fingerprint density at radius 3 is 2.62 bits per heavy atom. The first-order valence-corrected chi connectivity index (χ1v) is 7.07. The Morgan fingerprint density at radius 2 is 2.00 bits per heavy atom. The van der Waals surface area contributed by atoms with Crippen LogP contribution in [0.1, 0.15) is 52.9 Å². The van der Waals surface area contributed by atoms with Gasteiger partial charge in [0.15, 0.2) is 0 Å². The van der Waals surface area contributed by atoms with Gasteiger partial charge in [-0.2, -0.15) is 0 Å². The molecule has 1 fully saturated rings. The molecule has 96 valence electrons. The van der Waals surface area contributed by atoms with Crippen LogP contribution in [-0.2, 0) is 0 Å². The van der Waals surface area contributed by atoms with Crippen LogP contribution in [0.4, 0.5) is 0 Å². The molecule has 1 N–H and O–H groups in total. The van der Waals surface area contributed by atoms with Gasteiger partial charge in [0.05, 0.1) is 6.10 Å². The quantitative estimate of drug-likeness (QED) is 0.754. The fraction of sp³-hybridized carbons (Fsp3) is 1.00. The Hall–Kier alpha value is -0.0800. The molecule has 2 heteroatoms. The van der Waals surface area contributed by atoms with Crippen molar-refractivity contribution in [3.05, 3.63) is 0 Å². The number of aliphatic hydroxyl groups excluding tert-OH is 1. The summed E-state index contributed by atoms with van der Waals surface area (Å²) in [5.41, 5.74) is 0. The summed E-state index contributed by atoms with van der Waals surface area (Å²) in [5, 5.41) is 10.0. The van der Waals surface area contributed by atoms with Crippen LogP contribution in [0, 0.1) is 11.8 Å². The van der Waals surface area contributed by atoms with Crippen molar-refractivity contribution in [1.82, 2.24) is 4.90 Å². The van der Waals surface area contributed by atoms with Crippen molar-refractivity contribution in [2.45, 2.75) is 59.0 Å². The molecule has 0 radical (unpaired) electrons. The first-order valence-electron chi connectivity index (χ1n) is 7.07. The molecular formula is C14H29NO. The summed E-state index contributed by atoms with van der Waals surface area (Å²) < 4.78 is 0. The van der Waals surface area contributed by atoms with Crippen LogP contribution >= 0.6 is 0 Å². The van der Waals surface area contributed by atoms with Gasteiger partial charge in [0.25, 0.3) is 0 Å². The molecule has 0 aromatic carbocycles. The molecule has 0 amide bonds. The van der Waals surface area contributed by atoms with E-state index in [1.54, 1.807) is 0 Å². The van der Waals surface area contributed by atoms with Crippen LogP contribution in [0.2, 0.25) is 0 Å². The van der Waals surface area contributed by atoms with Gasteiger partial charge in [-0.3, -0.25) is 0 Å². The molecule has 0 spiro atoms. The lowest BCUT2D eigenvalue weighted by molar-refractivity contribution is 0.0312. The maximum atomic E-state index is 10.0. The standard InChI is InChI=1S/C14H29NO/c1-4-6-9-15(5-2)11-13-10-12(3)7-8-14(13)16/h12-14,16H,4-11H2,1-3H3. The van der Waals surface area contributed by atoms with E-state index in [2.05, 4.69) is 25.7 Å². The molecule has 0 saturated heterocycles. The lowest BCUT2D eigenvalue weighted by Gasteiger charge is -2.35. The molecule has 1 aliphatic rings. The third-order valence-corrected chi connectivity index (χ3v) is 3.97. The highest BCUT2D eigenvalue weighted by Gasteiger charge is 2.27. The highest BCUT2D eigenvalue weighted by Crippen LogP contribution is 2.29. The zero-order chi connectivity index (χ0) is 12.0. The van der Waals surface area contributed by atoms with Crippen molar-refractivity contribution in [2.24, 2.45) is 11.8 Å². The normalized spacial score (nSPS) is 30.9. The molecule has 3 unspecified atom stereocenters. The summed E-state index contributed by atoms with van der Waals surface area (Å²) >= 11 is 0. The van der Waals surface area contributed by atoms with Gasteiger partial charge < -0.3 is 10.0 Å². The molecule has 3 atom stereocenters. The fourth-order valence-electron chi connectivity index (χ4n) is 2.77. The van der Waals surface area contributed by atoms with Gasteiger partial charge in [0.1, 0.15) is 0 Å². The van der Waals surface area contributed by atoms with E-state index < -0.39 is 0 Å². The molecule has 2 nitrogen and oxygen atoms in total. The maximum absolute atomic E-state index is 10.0. The van der Waals surface area contributed by atoms with Gasteiger partial charge in [0, 0.05) is 6.54 Å². The molecule has 0 aromatic heterocycles. The average molecular weight is 227 g/mol. The van der Waals surface area contributed by atoms with Crippen molar-refractivity contribution in [3.8, 4) is 0 Å². The zero-order valence-electron chi connectivity index (χ0n) is 11.3. The van der Waals surface area contributed by atoms with Crippen LogP contribution in [0.5, 0.6) is 0 Å². The van der Waals surface area contributed by atoms with Gasteiger partial charge in [-0.1, -0.05) is 27.2 Å². The first kappa shape index (κ1) is 14.0. The topological polar surface area (TPSA) is 23.5 Å². The van der Waals surface area contributed by atoms with E-state index in [9.17, 15) is 5.11 Å². The van der Waals surface area contributed by atoms with Crippen molar-refractivity contribution in [2.75, 3.05) is 19.6 Å². The van der Waals surface area contributed by atoms with Gasteiger partial charge in [-0.25, -0.2) is 0 Å². The summed E-state index contributed by atoms with van der Waals surface area (Å²) in [5.74, 6) is 1.32. The molecular weight excluding hydrogens is 198 g/mol. The van der Waals surface area contributed by atoms with Crippen molar-refractivity contribution in [3.63, 3.8) is 0 Å². The summed E-state index contributed by atoms with van der Waals surface area (Å²) in [4.78, 5) is 2.51. The first-order chi connectivity index (χ1) is 7.67. The lowest BCUT2D eigenvalue weighted by atomic mass is 9.80. The predicted molar refractivity (Wildman–Crippen MR) is 69.5 cm³/mol. The van der Waals surface area contributed by atoms with E-state index in [-0.39, 0.29) is 6.10 Å². The number of rotatable bonds is 6. The van der Waals surface area contributed by atoms with E-state index in [1.807, 2.05) is 0 Å². The minimum Gasteiger partial charge on any atom is -0.393 e. The third kappa shape index (κ3) is 4.42. The third-order valence-electron chi connectivity index (χ3n) is 3.97. The summed E-state index contributed by atoms with van der Waals surface area (Å²) in [6.45, 7) is 10.2. The molecule has 0 aromatic rings. The van der Waals surface area contributed by atoms with E-state index >= 15 is 0 Å². The second-order valence-electron chi connectivity index (χ2n) is 5.49. The number of unbranched alkanes of at least 4 members (excludes halogenated alkanes) is 1. The molecule has 0 aliphatic heterocycles. The van der Waals surface area contributed by atoms with E-state index in [1.165, 1.54) is 32.2 Å². The number of aliphatic hydroxyl groups is 1. The number of hydrogen-bond donors (Lipinski definition) is 1. The Labute approximate surface area is 101 Å². The molecule has 16 heavy (non-hydrogen) atoms. The largest absolute Gasteiger partial charge is 0.393 e. The predicted octanol–water partition coefficient (Wildman–Crippen LogP) is 2.91. The highest BCUT2D eigenvalue weighted by molar-refractivity contribution is 4.80. The Kier molecular flexibility index (Phi) is 6.37. The molecule has 0 bridgehead atoms. The van der Waals surface area contributed by atoms with Crippen molar-refractivity contribution >= 4 is 0 Å². The molecule has 1 saturated carbocycles. The van der Waals surface area contributed by atoms with Crippen molar-refractivity contribution < 1.29 is 5.11 Å². The number of hydrogen-bond acceptors (Lipinski definition) is 2. The Balaban J connectivity index is 2.36. The Morgan fingerprint density at radius 1 is 1.25 bits per heavy atom. The monoisotopic (exact) mass is 227 g/mol. The molecule has 1 aliphatic carbocycles. The smallest absolute Gasteiger partial charge is 0.0580 e. The summed E-state index contributed by atoms with van der Waals surface area (Å²) in [6.07, 6.45) is 5.93. The fourth-order valence-corrected chi connectivity index (χ4v) is 2.77. The van der Waals surface area contributed by atoms with Crippen LogP contribution in [0.15, 0.2) is 0 Å². The van der Waals surface area contributed by atoms with Crippen LogP contribution in [0.25, 0.3) is 0 Å². The SMILES string of the molecule is CCCCN(CC)CC1CC(C)CCC1O. The second-order valence-corrected chi connectivity index (χ2v) is 5.49.